The van der Waals surface area contributed by atoms with E-state index in [0.29, 0.717) is 16.5 Å². The van der Waals surface area contributed by atoms with Gasteiger partial charge in [-0.25, -0.2) is 9.97 Å². The van der Waals surface area contributed by atoms with E-state index in [1.54, 1.807) is 22.1 Å². The van der Waals surface area contributed by atoms with E-state index >= 15 is 0 Å². The predicted molar refractivity (Wildman–Crippen MR) is 85.5 cm³/mol. The van der Waals surface area contributed by atoms with Gasteiger partial charge in [0.2, 0.25) is 0 Å². The molecular weight excluding hydrogens is 326 g/mol. The first-order valence-corrected chi connectivity index (χ1v) is 8.59. The molecule has 0 fully saturated rings. The standard InChI is InChI=1S/C13H9N3O2S3/c1-7(17)9-5-21-13(15-9)16-11(18)10-6-20-12(14-10)8-2-3-19-4-8/h2-6H,1H3,(H,15,16,18). The highest BCUT2D eigenvalue weighted by atomic mass is 32.1. The first-order chi connectivity index (χ1) is 10.1. The average molecular weight is 335 g/mol. The van der Waals surface area contributed by atoms with Gasteiger partial charge in [-0.05, 0) is 11.4 Å². The number of ketones is 1. The van der Waals surface area contributed by atoms with Gasteiger partial charge in [0.1, 0.15) is 16.4 Å². The lowest BCUT2D eigenvalue weighted by Crippen LogP contribution is -2.12. The van der Waals surface area contributed by atoms with Crippen molar-refractivity contribution in [3.05, 3.63) is 39.0 Å². The molecule has 106 valence electrons. The highest BCUT2D eigenvalue weighted by molar-refractivity contribution is 7.14. The summed E-state index contributed by atoms with van der Waals surface area (Å²) in [4.78, 5) is 31.6. The van der Waals surface area contributed by atoms with E-state index in [1.807, 2.05) is 16.8 Å². The molecule has 3 heterocycles. The van der Waals surface area contributed by atoms with Gasteiger partial charge in [0.15, 0.2) is 10.9 Å². The van der Waals surface area contributed by atoms with Crippen LogP contribution in [0.3, 0.4) is 0 Å². The third kappa shape index (κ3) is 3.07. The summed E-state index contributed by atoms with van der Waals surface area (Å²) < 4.78 is 0. The van der Waals surface area contributed by atoms with Crippen molar-refractivity contribution >= 4 is 50.8 Å². The Morgan fingerprint density at radius 1 is 1.10 bits per heavy atom. The van der Waals surface area contributed by atoms with Crippen molar-refractivity contribution in [3.63, 3.8) is 0 Å². The number of rotatable bonds is 4. The molecule has 21 heavy (non-hydrogen) atoms. The topological polar surface area (TPSA) is 72.0 Å². The minimum atomic E-state index is -0.322. The summed E-state index contributed by atoms with van der Waals surface area (Å²) in [5.41, 5.74) is 1.71. The van der Waals surface area contributed by atoms with Crippen molar-refractivity contribution in [2.75, 3.05) is 5.32 Å². The molecule has 0 aromatic carbocycles. The van der Waals surface area contributed by atoms with Crippen molar-refractivity contribution in [1.82, 2.24) is 9.97 Å². The lowest BCUT2D eigenvalue weighted by molar-refractivity contribution is 0.100. The lowest BCUT2D eigenvalue weighted by Gasteiger charge is -1.97. The van der Waals surface area contributed by atoms with Gasteiger partial charge in [-0.3, -0.25) is 14.9 Å². The molecule has 3 rings (SSSR count). The molecule has 0 saturated heterocycles. The van der Waals surface area contributed by atoms with Gasteiger partial charge in [-0.15, -0.1) is 22.7 Å². The predicted octanol–water partition coefficient (Wildman–Crippen LogP) is 3.78. The molecule has 0 atom stereocenters. The summed E-state index contributed by atoms with van der Waals surface area (Å²) in [6.07, 6.45) is 0. The third-order valence-electron chi connectivity index (χ3n) is 2.59. The molecule has 0 unspecified atom stereocenters. The van der Waals surface area contributed by atoms with Gasteiger partial charge in [0.05, 0.1) is 0 Å². The van der Waals surface area contributed by atoms with Crippen molar-refractivity contribution in [1.29, 1.82) is 0 Å². The number of hydrogen-bond donors (Lipinski definition) is 1. The van der Waals surface area contributed by atoms with Crippen molar-refractivity contribution in [3.8, 4) is 10.6 Å². The molecule has 5 nitrogen and oxygen atoms in total. The zero-order valence-electron chi connectivity index (χ0n) is 10.8. The Bertz CT molecular complexity index is 789. The largest absolute Gasteiger partial charge is 0.296 e. The summed E-state index contributed by atoms with van der Waals surface area (Å²) in [5, 5.41) is 11.1. The number of thiazole rings is 2. The van der Waals surface area contributed by atoms with Gasteiger partial charge in [-0.2, -0.15) is 11.3 Å². The first-order valence-electron chi connectivity index (χ1n) is 5.89. The molecule has 0 aliphatic heterocycles. The first kappa shape index (κ1) is 14.1. The van der Waals surface area contributed by atoms with Crippen LogP contribution < -0.4 is 5.32 Å². The van der Waals surface area contributed by atoms with Crippen LogP contribution >= 0.6 is 34.0 Å². The number of hydrogen-bond acceptors (Lipinski definition) is 7. The fourth-order valence-electron chi connectivity index (χ4n) is 1.55. The molecule has 0 spiro atoms. The monoisotopic (exact) mass is 335 g/mol. The second kappa shape index (κ2) is 5.84. The second-order valence-electron chi connectivity index (χ2n) is 4.10. The number of thiophene rings is 1. The fraction of sp³-hybridized carbons (Fsp3) is 0.0769. The molecule has 1 N–H and O–H groups in total. The summed E-state index contributed by atoms with van der Waals surface area (Å²) in [7, 11) is 0. The van der Waals surface area contributed by atoms with Crippen LogP contribution in [0.1, 0.15) is 27.9 Å². The number of Topliss-reactive ketones (excluding diaryl/α,β-unsaturated/α-hetero) is 1. The maximum atomic E-state index is 12.1. The normalized spacial score (nSPS) is 10.5. The van der Waals surface area contributed by atoms with Gasteiger partial charge in [0, 0.05) is 28.6 Å². The summed E-state index contributed by atoms with van der Waals surface area (Å²) >= 11 is 4.22. The Kier molecular flexibility index (Phi) is 3.91. The molecule has 1 amide bonds. The van der Waals surface area contributed by atoms with Gasteiger partial charge < -0.3 is 0 Å². The Hall–Kier alpha value is -1.90. The molecule has 8 heteroatoms. The van der Waals surface area contributed by atoms with Crippen LogP contribution in [0, 0.1) is 0 Å². The molecular formula is C13H9N3O2S3. The Morgan fingerprint density at radius 3 is 2.57 bits per heavy atom. The van der Waals surface area contributed by atoms with Crippen LogP contribution in [-0.4, -0.2) is 21.7 Å². The molecule has 3 aromatic rings. The van der Waals surface area contributed by atoms with E-state index in [0.717, 1.165) is 10.6 Å². The molecule has 0 bridgehead atoms. The van der Waals surface area contributed by atoms with E-state index < -0.39 is 0 Å². The zero-order valence-corrected chi connectivity index (χ0v) is 13.3. The Labute approximate surface area is 132 Å². The van der Waals surface area contributed by atoms with Crippen LogP contribution in [0.5, 0.6) is 0 Å². The van der Waals surface area contributed by atoms with Crippen LogP contribution in [0.4, 0.5) is 5.13 Å². The quantitative estimate of drug-likeness (QED) is 0.736. The molecule has 0 saturated carbocycles. The average Bonchev–Trinajstić information content (AvgIpc) is 3.19. The van der Waals surface area contributed by atoms with Crippen molar-refractivity contribution in [2.45, 2.75) is 6.92 Å². The minimum absolute atomic E-state index is 0.125. The second-order valence-corrected chi connectivity index (χ2v) is 6.59. The SMILES string of the molecule is CC(=O)c1csc(NC(=O)c2csc(-c3ccsc3)n2)n1. The molecule has 0 aliphatic rings. The maximum Gasteiger partial charge on any atom is 0.276 e. The molecule has 0 aliphatic carbocycles. The number of nitrogens with one attached hydrogen (secondary N) is 1. The molecule has 0 radical (unpaired) electrons. The third-order valence-corrected chi connectivity index (χ3v) is 4.92. The number of aromatic nitrogens is 2. The molecule has 3 aromatic heterocycles. The van der Waals surface area contributed by atoms with Crippen molar-refractivity contribution < 1.29 is 9.59 Å². The smallest absolute Gasteiger partial charge is 0.276 e. The van der Waals surface area contributed by atoms with Crippen LogP contribution in [0.25, 0.3) is 10.6 Å². The Morgan fingerprint density at radius 2 is 1.90 bits per heavy atom. The van der Waals surface area contributed by atoms with Gasteiger partial charge in [-0.1, -0.05) is 0 Å². The lowest BCUT2D eigenvalue weighted by atomic mass is 10.3. The van der Waals surface area contributed by atoms with E-state index in [4.69, 9.17) is 0 Å². The fourth-order valence-corrected chi connectivity index (χ4v) is 3.81. The van der Waals surface area contributed by atoms with Crippen LogP contribution in [-0.2, 0) is 0 Å². The number of carbonyl (C=O) groups is 2. The maximum absolute atomic E-state index is 12.1. The summed E-state index contributed by atoms with van der Waals surface area (Å²) in [5.74, 6) is -0.447. The van der Waals surface area contributed by atoms with Crippen LogP contribution in [0.2, 0.25) is 0 Å². The van der Waals surface area contributed by atoms with E-state index in [-0.39, 0.29) is 11.7 Å². The number of amides is 1. The number of carbonyl (C=O) groups excluding carboxylic acids is 2. The summed E-state index contributed by atoms with van der Waals surface area (Å²) in [6, 6.07) is 1.96. The minimum Gasteiger partial charge on any atom is -0.296 e. The summed E-state index contributed by atoms with van der Waals surface area (Å²) in [6.45, 7) is 1.44. The van der Waals surface area contributed by atoms with Crippen LogP contribution in [0.15, 0.2) is 27.6 Å². The highest BCUT2D eigenvalue weighted by Gasteiger charge is 2.14. The Balaban J connectivity index is 1.74. The van der Waals surface area contributed by atoms with E-state index in [9.17, 15) is 9.59 Å². The van der Waals surface area contributed by atoms with Gasteiger partial charge in [0.25, 0.3) is 5.91 Å². The van der Waals surface area contributed by atoms with E-state index in [1.165, 1.54) is 29.6 Å². The van der Waals surface area contributed by atoms with Gasteiger partial charge >= 0.3 is 0 Å². The number of anilines is 1. The highest BCUT2D eigenvalue weighted by Crippen LogP contribution is 2.26. The van der Waals surface area contributed by atoms with Crippen molar-refractivity contribution in [2.24, 2.45) is 0 Å². The number of nitrogens with zero attached hydrogens (tertiary/aromatic N) is 2. The van der Waals surface area contributed by atoms with E-state index in [2.05, 4.69) is 15.3 Å². The zero-order chi connectivity index (χ0) is 14.8.